The summed E-state index contributed by atoms with van der Waals surface area (Å²) in [6.45, 7) is 4.11. The molecule has 2 aromatic carbocycles. The maximum absolute atomic E-state index is 10.4. The van der Waals surface area contributed by atoms with Gasteiger partial charge in [-0.2, -0.15) is 0 Å². The summed E-state index contributed by atoms with van der Waals surface area (Å²) < 4.78 is 0.986. The number of benzene rings is 2. The van der Waals surface area contributed by atoms with Crippen molar-refractivity contribution in [2.45, 2.75) is 20.0 Å². The van der Waals surface area contributed by atoms with Gasteiger partial charge in [-0.25, -0.2) is 0 Å². The first-order chi connectivity index (χ1) is 8.09. The second kappa shape index (κ2) is 5.03. The summed E-state index contributed by atoms with van der Waals surface area (Å²) in [5.41, 5.74) is 4.24. The Morgan fingerprint density at radius 3 is 2.47 bits per heavy atom. The number of halogens is 1. The van der Waals surface area contributed by atoms with Crippen LogP contribution >= 0.6 is 15.9 Å². The van der Waals surface area contributed by atoms with Crippen LogP contribution in [-0.4, -0.2) is 5.11 Å². The summed E-state index contributed by atoms with van der Waals surface area (Å²) in [6, 6.07) is 13.8. The summed E-state index contributed by atoms with van der Waals surface area (Å²) >= 11 is 3.42. The first-order valence-corrected chi connectivity index (χ1v) is 6.38. The van der Waals surface area contributed by atoms with Crippen LogP contribution in [0.5, 0.6) is 0 Å². The van der Waals surface area contributed by atoms with E-state index in [9.17, 15) is 5.11 Å². The lowest BCUT2D eigenvalue weighted by atomic mass is 9.95. The van der Waals surface area contributed by atoms with Crippen LogP contribution in [0.4, 0.5) is 0 Å². The van der Waals surface area contributed by atoms with E-state index in [4.69, 9.17) is 0 Å². The molecule has 2 rings (SSSR count). The zero-order chi connectivity index (χ0) is 12.4. The van der Waals surface area contributed by atoms with Crippen LogP contribution in [0.3, 0.4) is 0 Å². The van der Waals surface area contributed by atoms with Crippen molar-refractivity contribution < 1.29 is 5.11 Å². The highest BCUT2D eigenvalue weighted by Crippen LogP contribution is 2.27. The third-order valence-electron chi connectivity index (χ3n) is 3.11. The van der Waals surface area contributed by atoms with Crippen LogP contribution in [-0.2, 0) is 0 Å². The van der Waals surface area contributed by atoms with Gasteiger partial charge in [0.2, 0.25) is 0 Å². The third kappa shape index (κ3) is 2.59. The normalized spacial score (nSPS) is 12.5. The average molecular weight is 291 g/mol. The molecule has 0 aliphatic carbocycles. The zero-order valence-electron chi connectivity index (χ0n) is 9.94. The molecule has 0 unspecified atom stereocenters. The van der Waals surface area contributed by atoms with Crippen molar-refractivity contribution >= 4 is 15.9 Å². The summed E-state index contributed by atoms with van der Waals surface area (Å²) in [7, 11) is 0. The summed E-state index contributed by atoms with van der Waals surface area (Å²) in [5.74, 6) is 0. The number of aliphatic hydroxyl groups is 1. The Hall–Kier alpha value is -1.12. The summed E-state index contributed by atoms with van der Waals surface area (Å²) in [5, 5.41) is 10.4. The Kier molecular flexibility index (Phi) is 3.65. The molecular weight excluding hydrogens is 276 g/mol. The van der Waals surface area contributed by atoms with Gasteiger partial charge in [-0.1, -0.05) is 46.3 Å². The van der Waals surface area contributed by atoms with Crippen LogP contribution in [0.15, 0.2) is 46.9 Å². The average Bonchev–Trinajstić information content (AvgIpc) is 2.32. The number of hydrogen-bond donors (Lipinski definition) is 1. The van der Waals surface area contributed by atoms with Gasteiger partial charge in [-0.15, -0.1) is 0 Å². The molecule has 1 N–H and O–H groups in total. The Balaban J connectivity index is 2.44. The van der Waals surface area contributed by atoms with E-state index < -0.39 is 6.10 Å². The molecule has 0 heterocycles. The highest BCUT2D eigenvalue weighted by molar-refractivity contribution is 9.10. The van der Waals surface area contributed by atoms with Gasteiger partial charge in [0.15, 0.2) is 0 Å². The quantitative estimate of drug-likeness (QED) is 0.881. The van der Waals surface area contributed by atoms with Crippen LogP contribution in [0, 0.1) is 13.8 Å². The van der Waals surface area contributed by atoms with Gasteiger partial charge in [0.25, 0.3) is 0 Å². The van der Waals surface area contributed by atoms with Gasteiger partial charge >= 0.3 is 0 Å². The molecule has 0 radical (unpaired) electrons. The smallest absolute Gasteiger partial charge is 0.104 e. The van der Waals surface area contributed by atoms with E-state index in [0.717, 1.165) is 21.2 Å². The minimum Gasteiger partial charge on any atom is -0.384 e. The van der Waals surface area contributed by atoms with Gasteiger partial charge in [-0.05, 0) is 48.2 Å². The molecule has 17 heavy (non-hydrogen) atoms. The topological polar surface area (TPSA) is 20.2 Å². The molecule has 1 nitrogen and oxygen atoms in total. The lowest BCUT2D eigenvalue weighted by Gasteiger charge is -2.15. The lowest BCUT2D eigenvalue weighted by molar-refractivity contribution is 0.219. The van der Waals surface area contributed by atoms with Crippen molar-refractivity contribution in [2.75, 3.05) is 0 Å². The Bertz CT molecular complexity index is 534. The second-order valence-electron chi connectivity index (χ2n) is 4.25. The van der Waals surface area contributed by atoms with Crippen molar-refractivity contribution in [1.82, 2.24) is 0 Å². The molecule has 2 heteroatoms. The van der Waals surface area contributed by atoms with E-state index in [1.165, 1.54) is 5.56 Å². The highest BCUT2D eigenvalue weighted by Gasteiger charge is 2.13. The molecule has 0 fully saturated rings. The highest BCUT2D eigenvalue weighted by atomic mass is 79.9. The van der Waals surface area contributed by atoms with E-state index in [2.05, 4.69) is 28.9 Å². The number of rotatable bonds is 2. The lowest BCUT2D eigenvalue weighted by Crippen LogP contribution is -2.02. The molecule has 0 bridgehead atoms. The van der Waals surface area contributed by atoms with Crippen molar-refractivity contribution in [3.05, 3.63) is 69.2 Å². The van der Waals surface area contributed by atoms with Gasteiger partial charge in [0.05, 0.1) is 0 Å². The van der Waals surface area contributed by atoms with Crippen LogP contribution in [0.2, 0.25) is 0 Å². The predicted octanol–water partition coefficient (Wildman–Crippen LogP) is 4.15. The van der Waals surface area contributed by atoms with E-state index in [1.54, 1.807) is 0 Å². The van der Waals surface area contributed by atoms with Crippen molar-refractivity contribution in [3.8, 4) is 0 Å². The Labute approximate surface area is 110 Å². The molecule has 0 aliphatic heterocycles. The van der Waals surface area contributed by atoms with E-state index in [0.29, 0.717) is 0 Å². The maximum Gasteiger partial charge on any atom is 0.104 e. The Morgan fingerprint density at radius 1 is 1.06 bits per heavy atom. The molecule has 0 saturated carbocycles. The first kappa shape index (κ1) is 12.3. The molecule has 2 aromatic rings. The van der Waals surface area contributed by atoms with Crippen molar-refractivity contribution in [2.24, 2.45) is 0 Å². The van der Waals surface area contributed by atoms with Gasteiger partial charge in [-0.3, -0.25) is 0 Å². The van der Waals surface area contributed by atoms with E-state index in [1.807, 2.05) is 43.3 Å². The summed E-state index contributed by atoms with van der Waals surface area (Å²) in [4.78, 5) is 0. The predicted molar refractivity (Wildman–Crippen MR) is 74.1 cm³/mol. The molecular formula is C15H15BrO. The number of hydrogen-bond acceptors (Lipinski definition) is 1. The monoisotopic (exact) mass is 290 g/mol. The van der Waals surface area contributed by atoms with Crippen molar-refractivity contribution in [1.29, 1.82) is 0 Å². The molecule has 0 aromatic heterocycles. The van der Waals surface area contributed by atoms with E-state index in [-0.39, 0.29) is 0 Å². The van der Waals surface area contributed by atoms with Crippen LogP contribution in [0.25, 0.3) is 0 Å². The Morgan fingerprint density at radius 2 is 1.76 bits per heavy atom. The summed E-state index contributed by atoms with van der Waals surface area (Å²) in [6.07, 6.45) is -0.563. The fourth-order valence-electron chi connectivity index (χ4n) is 1.93. The second-order valence-corrected chi connectivity index (χ2v) is 5.16. The van der Waals surface area contributed by atoms with Gasteiger partial charge in [0, 0.05) is 4.47 Å². The third-order valence-corrected chi connectivity index (χ3v) is 3.60. The standard InChI is InChI=1S/C15H15BrO/c1-10-5-3-8-14(11(10)2)15(17)12-6-4-7-13(16)9-12/h3-9,15,17H,1-2H3/t15-/m0/s1. The molecule has 0 saturated heterocycles. The van der Waals surface area contributed by atoms with Gasteiger partial charge < -0.3 is 5.11 Å². The largest absolute Gasteiger partial charge is 0.384 e. The SMILES string of the molecule is Cc1cccc([C@@H](O)c2cccc(Br)c2)c1C. The maximum atomic E-state index is 10.4. The minimum absolute atomic E-state index is 0.563. The zero-order valence-corrected chi connectivity index (χ0v) is 11.5. The first-order valence-electron chi connectivity index (χ1n) is 5.59. The fraction of sp³-hybridized carbons (Fsp3) is 0.200. The van der Waals surface area contributed by atoms with Crippen molar-refractivity contribution in [3.63, 3.8) is 0 Å². The van der Waals surface area contributed by atoms with E-state index >= 15 is 0 Å². The fourth-order valence-corrected chi connectivity index (χ4v) is 2.34. The van der Waals surface area contributed by atoms with Gasteiger partial charge in [0.1, 0.15) is 6.10 Å². The number of aryl methyl sites for hydroxylation is 1. The van der Waals surface area contributed by atoms with Crippen LogP contribution in [0.1, 0.15) is 28.4 Å². The van der Waals surface area contributed by atoms with Crippen LogP contribution < -0.4 is 0 Å². The molecule has 88 valence electrons. The number of aliphatic hydroxyl groups excluding tert-OH is 1. The molecule has 0 amide bonds. The minimum atomic E-state index is -0.563. The molecule has 0 aliphatic rings. The molecule has 0 spiro atoms. The molecule has 1 atom stereocenters.